The Kier molecular flexibility index (Phi) is 3.76. The summed E-state index contributed by atoms with van der Waals surface area (Å²) in [6, 6.07) is 7.68. The Morgan fingerprint density at radius 1 is 1.47 bits per heavy atom. The molecule has 17 heavy (non-hydrogen) atoms. The van der Waals surface area contributed by atoms with Crippen molar-refractivity contribution >= 4 is 5.91 Å². The molecule has 1 heterocycles. The van der Waals surface area contributed by atoms with Crippen LogP contribution >= 0.6 is 0 Å². The summed E-state index contributed by atoms with van der Waals surface area (Å²) < 4.78 is 0. The van der Waals surface area contributed by atoms with Gasteiger partial charge in [0.1, 0.15) is 0 Å². The molecule has 92 valence electrons. The summed E-state index contributed by atoms with van der Waals surface area (Å²) in [5, 5.41) is 15.7. The molecular formula is C13H18N2O2. The van der Waals surface area contributed by atoms with Crippen LogP contribution in [0.15, 0.2) is 24.3 Å². The summed E-state index contributed by atoms with van der Waals surface area (Å²) >= 11 is 0. The van der Waals surface area contributed by atoms with Crippen molar-refractivity contribution in [1.29, 1.82) is 0 Å². The minimum Gasteiger partial charge on any atom is -0.387 e. The fourth-order valence-electron chi connectivity index (χ4n) is 1.72. The zero-order chi connectivity index (χ0) is 12.3. The lowest BCUT2D eigenvalue weighted by atomic mass is 10.0. The van der Waals surface area contributed by atoms with E-state index < -0.39 is 6.10 Å². The summed E-state index contributed by atoms with van der Waals surface area (Å²) in [6.07, 6.45) is -0.632. The number of aliphatic hydroxyl groups excluding tert-OH is 1. The van der Waals surface area contributed by atoms with Crippen molar-refractivity contribution in [1.82, 2.24) is 10.6 Å². The molecule has 1 aliphatic rings. The molecule has 1 fully saturated rings. The van der Waals surface area contributed by atoms with E-state index >= 15 is 0 Å². The maximum atomic E-state index is 11.6. The van der Waals surface area contributed by atoms with Gasteiger partial charge >= 0.3 is 0 Å². The first-order valence-electron chi connectivity index (χ1n) is 5.90. The van der Waals surface area contributed by atoms with Crippen molar-refractivity contribution in [3.63, 3.8) is 0 Å². The average molecular weight is 234 g/mol. The SMILES string of the molecule is Cc1ccc(C(O)CNC(=O)C2CNC2)cc1. The summed E-state index contributed by atoms with van der Waals surface area (Å²) in [7, 11) is 0. The molecule has 4 heteroatoms. The lowest BCUT2D eigenvalue weighted by Crippen LogP contribution is -2.51. The molecule has 1 aromatic rings. The van der Waals surface area contributed by atoms with Crippen LogP contribution in [0.5, 0.6) is 0 Å². The minimum atomic E-state index is -0.632. The summed E-state index contributed by atoms with van der Waals surface area (Å²) in [6.45, 7) is 3.76. The third-order valence-electron chi connectivity index (χ3n) is 3.08. The molecule has 0 bridgehead atoms. The molecule has 1 amide bonds. The molecule has 0 radical (unpaired) electrons. The number of hydrogen-bond acceptors (Lipinski definition) is 3. The van der Waals surface area contributed by atoms with Crippen molar-refractivity contribution in [3.8, 4) is 0 Å². The third kappa shape index (κ3) is 3.05. The van der Waals surface area contributed by atoms with Gasteiger partial charge in [0, 0.05) is 19.6 Å². The fraction of sp³-hybridized carbons (Fsp3) is 0.462. The largest absolute Gasteiger partial charge is 0.387 e. The van der Waals surface area contributed by atoms with Gasteiger partial charge in [0.05, 0.1) is 12.0 Å². The average Bonchev–Trinajstić information content (AvgIpc) is 2.24. The van der Waals surface area contributed by atoms with Crippen LogP contribution in [0, 0.1) is 12.8 Å². The van der Waals surface area contributed by atoms with E-state index in [2.05, 4.69) is 10.6 Å². The van der Waals surface area contributed by atoms with Crippen LogP contribution in [-0.2, 0) is 4.79 Å². The second-order valence-electron chi connectivity index (χ2n) is 4.53. The number of carbonyl (C=O) groups excluding carboxylic acids is 1. The van der Waals surface area contributed by atoms with E-state index in [0.29, 0.717) is 0 Å². The van der Waals surface area contributed by atoms with Crippen LogP contribution in [0.4, 0.5) is 0 Å². The number of nitrogens with one attached hydrogen (secondary N) is 2. The Morgan fingerprint density at radius 3 is 2.65 bits per heavy atom. The molecule has 0 saturated carbocycles. The van der Waals surface area contributed by atoms with Gasteiger partial charge in [-0.1, -0.05) is 29.8 Å². The topological polar surface area (TPSA) is 61.4 Å². The molecule has 2 rings (SSSR count). The molecule has 4 nitrogen and oxygen atoms in total. The zero-order valence-electron chi connectivity index (χ0n) is 9.94. The van der Waals surface area contributed by atoms with Crippen molar-refractivity contribution in [3.05, 3.63) is 35.4 Å². The third-order valence-corrected chi connectivity index (χ3v) is 3.08. The van der Waals surface area contributed by atoms with Gasteiger partial charge in [0.2, 0.25) is 5.91 Å². The molecular weight excluding hydrogens is 216 g/mol. The van der Waals surface area contributed by atoms with Gasteiger partial charge in [-0.3, -0.25) is 4.79 Å². The first kappa shape index (κ1) is 12.1. The molecule has 1 aliphatic heterocycles. The molecule has 1 atom stereocenters. The second-order valence-corrected chi connectivity index (χ2v) is 4.53. The van der Waals surface area contributed by atoms with Crippen LogP contribution in [0.3, 0.4) is 0 Å². The van der Waals surface area contributed by atoms with Gasteiger partial charge in [-0.05, 0) is 12.5 Å². The number of amides is 1. The molecule has 0 aromatic heterocycles. The van der Waals surface area contributed by atoms with Gasteiger partial charge in [0.25, 0.3) is 0 Å². The molecule has 0 aliphatic carbocycles. The smallest absolute Gasteiger partial charge is 0.225 e. The number of carbonyl (C=O) groups is 1. The van der Waals surface area contributed by atoms with E-state index in [1.54, 1.807) is 0 Å². The van der Waals surface area contributed by atoms with E-state index in [1.807, 2.05) is 31.2 Å². The van der Waals surface area contributed by atoms with Crippen LogP contribution in [0.1, 0.15) is 17.2 Å². The predicted molar refractivity (Wildman–Crippen MR) is 65.5 cm³/mol. The highest BCUT2D eigenvalue weighted by atomic mass is 16.3. The van der Waals surface area contributed by atoms with Gasteiger partial charge in [-0.25, -0.2) is 0 Å². The number of hydrogen-bond donors (Lipinski definition) is 3. The Labute approximate surface area is 101 Å². The number of aryl methyl sites for hydroxylation is 1. The first-order valence-corrected chi connectivity index (χ1v) is 5.90. The highest BCUT2D eigenvalue weighted by molar-refractivity contribution is 5.80. The second kappa shape index (κ2) is 5.29. The number of aliphatic hydroxyl groups is 1. The predicted octanol–water partition coefficient (Wildman–Crippen LogP) is 0.364. The van der Waals surface area contributed by atoms with Crippen molar-refractivity contribution in [2.75, 3.05) is 19.6 Å². The van der Waals surface area contributed by atoms with Crippen molar-refractivity contribution < 1.29 is 9.90 Å². The molecule has 1 unspecified atom stereocenters. The van der Waals surface area contributed by atoms with Gasteiger partial charge in [-0.2, -0.15) is 0 Å². The highest BCUT2D eigenvalue weighted by Gasteiger charge is 2.24. The quantitative estimate of drug-likeness (QED) is 0.705. The van der Waals surface area contributed by atoms with Crippen LogP contribution in [-0.4, -0.2) is 30.6 Å². The molecule has 3 N–H and O–H groups in total. The van der Waals surface area contributed by atoms with Gasteiger partial charge < -0.3 is 15.7 Å². The van der Waals surface area contributed by atoms with Crippen LogP contribution in [0.2, 0.25) is 0 Å². The number of rotatable bonds is 4. The minimum absolute atomic E-state index is 0.0231. The van der Waals surface area contributed by atoms with Crippen molar-refractivity contribution in [2.45, 2.75) is 13.0 Å². The van der Waals surface area contributed by atoms with Crippen LogP contribution < -0.4 is 10.6 Å². The van der Waals surface area contributed by atoms with Crippen LogP contribution in [0.25, 0.3) is 0 Å². The number of benzene rings is 1. The van der Waals surface area contributed by atoms with E-state index in [9.17, 15) is 9.90 Å². The van der Waals surface area contributed by atoms with Gasteiger partial charge in [-0.15, -0.1) is 0 Å². The lowest BCUT2D eigenvalue weighted by molar-refractivity contribution is -0.126. The fourth-order valence-corrected chi connectivity index (χ4v) is 1.72. The standard InChI is InChI=1S/C13H18N2O2/c1-9-2-4-10(5-3-9)12(16)8-15-13(17)11-6-14-7-11/h2-5,11-12,14,16H,6-8H2,1H3,(H,15,17). The van der Waals surface area contributed by atoms with E-state index in [1.165, 1.54) is 0 Å². The maximum absolute atomic E-state index is 11.6. The molecule has 1 aromatic carbocycles. The monoisotopic (exact) mass is 234 g/mol. The zero-order valence-corrected chi connectivity index (χ0v) is 9.94. The summed E-state index contributed by atoms with van der Waals surface area (Å²) in [4.78, 5) is 11.6. The maximum Gasteiger partial charge on any atom is 0.225 e. The first-order chi connectivity index (χ1) is 8.16. The molecule has 0 spiro atoms. The Hall–Kier alpha value is -1.39. The lowest BCUT2D eigenvalue weighted by Gasteiger charge is -2.26. The van der Waals surface area contributed by atoms with E-state index in [0.717, 1.165) is 24.2 Å². The van der Waals surface area contributed by atoms with E-state index in [4.69, 9.17) is 0 Å². The Morgan fingerprint density at radius 2 is 2.12 bits per heavy atom. The highest BCUT2D eigenvalue weighted by Crippen LogP contribution is 2.13. The normalized spacial score (nSPS) is 17.3. The van der Waals surface area contributed by atoms with E-state index in [-0.39, 0.29) is 18.4 Å². The Balaban J connectivity index is 1.82. The summed E-state index contributed by atoms with van der Waals surface area (Å²) in [5.74, 6) is 0.0927. The summed E-state index contributed by atoms with van der Waals surface area (Å²) in [5.41, 5.74) is 1.99. The Bertz CT molecular complexity index is 385. The van der Waals surface area contributed by atoms with Gasteiger partial charge in [0.15, 0.2) is 0 Å². The molecule has 1 saturated heterocycles. The van der Waals surface area contributed by atoms with Crippen molar-refractivity contribution in [2.24, 2.45) is 5.92 Å².